The van der Waals surface area contributed by atoms with E-state index >= 15 is 0 Å². The van der Waals surface area contributed by atoms with Crippen molar-refractivity contribution >= 4 is 59.4 Å². The molecule has 9 fully saturated rings. The molecule has 5 aliphatic heterocycles. The molecule has 5 heterocycles. The minimum atomic E-state index is -0.901. The molecule has 0 spiro atoms. The van der Waals surface area contributed by atoms with E-state index in [0.717, 1.165) is 256 Å². The Morgan fingerprint density at radius 1 is 0.301 bits per heavy atom. The second kappa shape index (κ2) is 64.3. The van der Waals surface area contributed by atoms with Gasteiger partial charge in [-0.25, -0.2) is 9.59 Å². The normalized spacial score (nSPS) is 21.4. The fourth-order valence-electron chi connectivity index (χ4n) is 21.9. The SMILES string of the molecule is CC(=O)O.CCCC[C@@H](O)CCN1C(=O)CCC1CCCc1ccccc1.O=C(O)CCCCCC[C@H]1CCC(=O)N1CC[C@@H](O)C1CCCCC1.O=C(O)CCCCCC[C@H]1CCC(=O)N1CC[C@H](O)C1CCCCC1.O=C(O)c1ccc(CCCC2CCC(=O)N2CC[C@@H](O)C2CCCCC2)cc1.O=C(O)c1ccc(CCCC2CCC(=O)N2CC[C@H](O)C2CCCCC2)cc1. The van der Waals surface area contributed by atoms with Crippen molar-refractivity contribution in [3.8, 4) is 0 Å². The number of aliphatic carboxylic acids is 3. The van der Waals surface area contributed by atoms with Crippen LogP contribution in [0.4, 0.5) is 0 Å². The number of hydrogen-bond acceptors (Lipinski definition) is 15. The lowest BCUT2D eigenvalue weighted by atomic mass is 9.84. The predicted molar refractivity (Wildman–Crippen MR) is 519 cm³/mol. The van der Waals surface area contributed by atoms with Crippen LogP contribution in [0.25, 0.3) is 0 Å². The van der Waals surface area contributed by atoms with Crippen molar-refractivity contribution in [1.29, 1.82) is 0 Å². The maximum absolute atomic E-state index is 12.3. The van der Waals surface area contributed by atoms with E-state index in [4.69, 9.17) is 30.3 Å². The number of hydrogen-bond donors (Lipinski definition) is 10. The number of amides is 5. The van der Waals surface area contributed by atoms with Gasteiger partial charge in [0.2, 0.25) is 29.5 Å². The zero-order valence-corrected chi connectivity index (χ0v) is 81.1. The highest BCUT2D eigenvalue weighted by molar-refractivity contribution is 5.88. The molecule has 10 N–H and O–H groups in total. The zero-order chi connectivity index (χ0) is 96.1. The number of rotatable bonds is 50. The van der Waals surface area contributed by atoms with Gasteiger partial charge in [-0.2, -0.15) is 0 Å². The van der Waals surface area contributed by atoms with Gasteiger partial charge in [0.05, 0.1) is 41.6 Å². The van der Waals surface area contributed by atoms with Crippen LogP contribution >= 0.6 is 0 Å². The van der Waals surface area contributed by atoms with Crippen LogP contribution in [0, 0.1) is 23.7 Å². The second-order valence-electron chi connectivity index (χ2n) is 39.9. The zero-order valence-electron chi connectivity index (χ0n) is 81.1. The van der Waals surface area contributed by atoms with Crippen molar-refractivity contribution in [2.24, 2.45) is 23.7 Å². The van der Waals surface area contributed by atoms with E-state index in [1.807, 2.05) is 54.8 Å². The van der Waals surface area contributed by atoms with Gasteiger partial charge in [0.25, 0.3) is 5.97 Å². The summed E-state index contributed by atoms with van der Waals surface area (Å²) in [6, 6.07) is 26.2. The Hall–Kier alpha value is -7.84. The summed E-state index contributed by atoms with van der Waals surface area (Å²) in [5, 5.41) is 94.5. The summed E-state index contributed by atoms with van der Waals surface area (Å²) in [6.45, 7) is 6.68. The molecule has 5 saturated heterocycles. The Morgan fingerprint density at radius 2 is 0.549 bits per heavy atom. The first kappa shape index (κ1) is 112. The summed E-state index contributed by atoms with van der Waals surface area (Å²) in [4.78, 5) is 123. The quantitative estimate of drug-likeness (QED) is 0.0235. The summed E-state index contributed by atoms with van der Waals surface area (Å²) in [5.41, 5.74) is 4.27. The lowest BCUT2D eigenvalue weighted by molar-refractivity contribution is -0.138. The summed E-state index contributed by atoms with van der Waals surface area (Å²) < 4.78 is 0. The third-order valence-electron chi connectivity index (χ3n) is 29.9. The predicted octanol–water partition coefficient (Wildman–Crippen LogP) is 19.6. The first-order chi connectivity index (χ1) is 64.2. The van der Waals surface area contributed by atoms with Gasteiger partial charge in [0.1, 0.15) is 0 Å². The molecule has 748 valence electrons. The van der Waals surface area contributed by atoms with Crippen LogP contribution in [-0.4, -0.2) is 228 Å². The molecule has 10 atom stereocenters. The molecule has 3 aromatic rings. The number of aryl methyl sites for hydroxylation is 3. The van der Waals surface area contributed by atoms with Crippen LogP contribution in [0.2, 0.25) is 0 Å². The highest BCUT2D eigenvalue weighted by Gasteiger charge is 2.38. The molecule has 25 heteroatoms. The molecule has 12 rings (SSSR count). The summed E-state index contributed by atoms with van der Waals surface area (Å²) in [7, 11) is 0. The number of benzene rings is 3. The molecule has 5 amide bonds. The molecule has 0 bridgehead atoms. The van der Waals surface area contributed by atoms with Crippen molar-refractivity contribution in [3.05, 3.63) is 107 Å². The van der Waals surface area contributed by atoms with Crippen LogP contribution in [0.5, 0.6) is 0 Å². The van der Waals surface area contributed by atoms with Crippen LogP contribution in [0.15, 0.2) is 78.9 Å². The smallest absolute Gasteiger partial charge is 0.335 e. The van der Waals surface area contributed by atoms with Crippen molar-refractivity contribution in [2.45, 2.75) is 453 Å². The lowest BCUT2D eigenvalue weighted by Crippen LogP contribution is -2.36. The molecular formula is C108H171N5O20. The summed E-state index contributed by atoms with van der Waals surface area (Å²) in [6.07, 6.45) is 56.2. The van der Waals surface area contributed by atoms with Gasteiger partial charge in [-0.1, -0.05) is 190 Å². The first-order valence-electron chi connectivity index (χ1n) is 52.4. The van der Waals surface area contributed by atoms with Gasteiger partial charge < -0.3 is 75.6 Å². The number of likely N-dealkylation sites (tertiary alicyclic amines) is 5. The third kappa shape index (κ3) is 43.6. The number of aliphatic hydroxyl groups is 5. The third-order valence-corrected chi connectivity index (χ3v) is 29.9. The maximum Gasteiger partial charge on any atom is 0.335 e. The van der Waals surface area contributed by atoms with Crippen LogP contribution in [0.3, 0.4) is 0 Å². The molecule has 3 aromatic carbocycles. The number of aliphatic hydroxyl groups excluding tert-OH is 5. The Bertz CT molecular complexity index is 3610. The highest BCUT2D eigenvalue weighted by atomic mass is 16.4. The molecular weight excluding hydrogens is 1690 g/mol. The summed E-state index contributed by atoms with van der Waals surface area (Å²) in [5.74, 6) is -1.16. The molecule has 4 aliphatic carbocycles. The van der Waals surface area contributed by atoms with Crippen LogP contribution in [0.1, 0.15) is 411 Å². The fourth-order valence-corrected chi connectivity index (χ4v) is 21.9. The van der Waals surface area contributed by atoms with E-state index in [2.05, 4.69) is 31.2 Å². The number of unbranched alkanes of at least 4 members (excludes halogenated alkanes) is 7. The maximum atomic E-state index is 12.3. The van der Waals surface area contributed by atoms with Gasteiger partial charge in [-0.15, -0.1) is 0 Å². The van der Waals surface area contributed by atoms with Crippen molar-refractivity contribution in [1.82, 2.24) is 24.5 Å². The second-order valence-corrected chi connectivity index (χ2v) is 39.9. The Labute approximate surface area is 795 Å². The number of carboxylic acid groups (broad SMARTS) is 5. The number of aromatic carboxylic acids is 2. The molecule has 4 saturated carbocycles. The van der Waals surface area contributed by atoms with Gasteiger partial charge in [0, 0.05) is 115 Å². The van der Waals surface area contributed by atoms with Crippen LogP contribution < -0.4 is 0 Å². The highest BCUT2D eigenvalue weighted by Crippen LogP contribution is 2.36. The van der Waals surface area contributed by atoms with E-state index in [9.17, 15) is 68.7 Å². The molecule has 3 unspecified atom stereocenters. The number of carbonyl (C=O) groups excluding carboxylic acids is 5. The van der Waals surface area contributed by atoms with E-state index in [-0.39, 0.29) is 85.0 Å². The van der Waals surface area contributed by atoms with Crippen LogP contribution in [-0.2, 0) is 57.6 Å². The minimum absolute atomic E-state index is 0.228. The van der Waals surface area contributed by atoms with E-state index in [1.54, 1.807) is 24.3 Å². The van der Waals surface area contributed by atoms with Gasteiger partial charge in [0.15, 0.2) is 0 Å². The average molecular weight is 1860 g/mol. The topological polar surface area (TPSA) is 389 Å². The largest absolute Gasteiger partial charge is 0.481 e. The molecule has 0 aromatic heterocycles. The number of carboxylic acids is 5. The fraction of sp³-hybridized carbons (Fsp3) is 0.741. The van der Waals surface area contributed by atoms with Crippen molar-refractivity contribution in [2.75, 3.05) is 32.7 Å². The Morgan fingerprint density at radius 3 is 0.805 bits per heavy atom. The van der Waals surface area contributed by atoms with Gasteiger partial charge in [-0.3, -0.25) is 38.4 Å². The van der Waals surface area contributed by atoms with E-state index in [1.165, 1.54) is 82.6 Å². The summed E-state index contributed by atoms with van der Waals surface area (Å²) >= 11 is 0. The Balaban J connectivity index is 0.000000225. The molecule has 0 radical (unpaired) electrons. The van der Waals surface area contributed by atoms with Gasteiger partial charge in [-0.05, 0) is 270 Å². The van der Waals surface area contributed by atoms with E-state index in [0.29, 0.717) is 137 Å². The lowest BCUT2D eigenvalue weighted by Gasteiger charge is -2.30. The van der Waals surface area contributed by atoms with Crippen molar-refractivity contribution < 1.29 is 99.0 Å². The van der Waals surface area contributed by atoms with Crippen molar-refractivity contribution in [3.63, 3.8) is 0 Å². The van der Waals surface area contributed by atoms with Gasteiger partial charge >= 0.3 is 23.9 Å². The minimum Gasteiger partial charge on any atom is -0.481 e. The monoisotopic (exact) mass is 1860 g/mol. The first-order valence-corrected chi connectivity index (χ1v) is 52.4. The number of nitrogens with zero attached hydrogens (tertiary/aromatic N) is 5. The molecule has 133 heavy (non-hydrogen) atoms. The number of carbonyl (C=O) groups is 10. The standard InChI is InChI=1S/2C23H33NO4.2C20H35NO4.C20H31NO2.C2H4O2/c2*25-21(18-6-2-1-3-7-18)15-16-24-20(13-14-22(24)26)8-4-5-17-9-11-19(12-10-17)23(27)28;2*22-18(16-8-4-3-5-9-16)14-15-21-17(12-13-19(21)23)10-6-1-2-7-11-20(24)25;1-2-3-12-19(22)15-16-21-18(13-14-20(21)23)11-7-10-17-8-5-4-6-9-17;1-2(3)4/h2*9-12,18,20-21,25H,1-8,13-16H2,(H,27,28);2*16-18,22H,1-15H2,(H,24,25);4-6,8-9,18-19,22H,2-3,7,10-16H2,1H3;1H3,(H,3,4)/t2*20?,21-;17-,18+;17-,18-;18?,19-;/m10001./s1. The molecule has 9 aliphatic rings. The Kier molecular flexibility index (Phi) is 54.2. The molecule has 25 nitrogen and oxygen atoms in total. The average Bonchev–Trinajstić information content (AvgIpc) is 1.74. The van der Waals surface area contributed by atoms with E-state index < -0.39 is 29.8 Å².